The summed E-state index contributed by atoms with van der Waals surface area (Å²) in [6.07, 6.45) is 0. The number of halogens is 2. The minimum absolute atomic E-state index is 0.0257. The third kappa shape index (κ3) is 3.73. The number of hydrogen-bond acceptors (Lipinski definition) is 5. The maximum Gasteiger partial charge on any atom is 0.387 e. The molecule has 3 rings (SSSR count). The number of hydrogen-bond donors (Lipinski definition) is 1. The van der Waals surface area contributed by atoms with E-state index in [1.807, 2.05) is 25.1 Å². The van der Waals surface area contributed by atoms with Crippen LogP contribution in [0.1, 0.15) is 10.6 Å². The zero-order valence-electron chi connectivity index (χ0n) is 13.2. The van der Waals surface area contributed by atoms with Crippen LogP contribution in [-0.2, 0) is 6.54 Å². The summed E-state index contributed by atoms with van der Waals surface area (Å²) in [5, 5.41) is 4.34. The van der Waals surface area contributed by atoms with Gasteiger partial charge in [-0.3, -0.25) is 0 Å². The van der Waals surface area contributed by atoms with Crippen LogP contribution in [0, 0.1) is 6.92 Å². The van der Waals surface area contributed by atoms with Crippen molar-refractivity contribution in [2.24, 2.45) is 0 Å². The van der Waals surface area contributed by atoms with Gasteiger partial charge >= 0.3 is 6.61 Å². The number of anilines is 1. The van der Waals surface area contributed by atoms with E-state index in [4.69, 9.17) is 4.74 Å². The van der Waals surface area contributed by atoms with Crippen molar-refractivity contribution in [2.75, 3.05) is 12.4 Å². The van der Waals surface area contributed by atoms with Crippen molar-refractivity contribution >= 4 is 27.2 Å². The Hall–Kier alpha value is -2.41. The summed E-state index contributed by atoms with van der Waals surface area (Å²) in [4.78, 5) is 4.43. The van der Waals surface area contributed by atoms with Gasteiger partial charge in [-0.1, -0.05) is 6.07 Å². The van der Waals surface area contributed by atoms with Gasteiger partial charge in [0.2, 0.25) is 0 Å². The molecule has 0 amide bonds. The maximum atomic E-state index is 12.3. The van der Waals surface area contributed by atoms with Crippen molar-refractivity contribution in [1.29, 1.82) is 0 Å². The third-order valence-corrected chi connectivity index (χ3v) is 4.37. The molecule has 0 aliphatic heterocycles. The van der Waals surface area contributed by atoms with Crippen molar-refractivity contribution in [1.82, 2.24) is 4.98 Å². The van der Waals surface area contributed by atoms with Crippen LogP contribution in [0.5, 0.6) is 11.5 Å². The van der Waals surface area contributed by atoms with Crippen LogP contribution < -0.4 is 14.8 Å². The maximum absolute atomic E-state index is 12.3. The first-order valence-electron chi connectivity index (χ1n) is 7.28. The largest absolute Gasteiger partial charge is 0.493 e. The van der Waals surface area contributed by atoms with Gasteiger partial charge in [0, 0.05) is 12.2 Å². The molecule has 0 atom stereocenters. The molecule has 0 fully saturated rings. The molecule has 4 nitrogen and oxygen atoms in total. The zero-order chi connectivity index (χ0) is 17.1. The van der Waals surface area contributed by atoms with E-state index in [0.29, 0.717) is 6.54 Å². The van der Waals surface area contributed by atoms with E-state index in [0.717, 1.165) is 26.5 Å². The number of ether oxygens (including phenoxy) is 2. The average molecular weight is 350 g/mol. The predicted molar refractivity (Wildman–Crippen MR) is 91.3 cm³/mol. The highest BCUT2D eigenvalue weighted by molar-refractivity contribution is 7.18. The van der Waals surface area contributed by atoms with E-state index >= 15 is 0 Å². The molecule has 126 valence electrons. The van der Waals surface area contributed by atoms with Gasteiger partial charge in [0.1, 0.15) is 0 Å². The summed E-state index contributed by atoms with van der Waals surface area (Å²) >= 11 is 1.64. The molecule has 0 spiro atoms. The first-order chi connectivity index (χ1) is 11.5. The highest BCUT2D eigenvalue weighted by atomic mass is 32.1. The van der Waals surface area contributed by atoms with Crippen LogP contribution in [-0.4, -0.2) is 18.7 Å². The van der Waals surface area contributed by atoms with Crippen LogP contribution in [0.4, 0.5) is 14.5 Å². The number of benzene rings is 2. The number of rotatable bonds is 6. The summed E-state index contributed by atoms with van der Waals surface area (Å²) in [5.74, 6) is 0.306. The minimum atomic E-state index is -2.88. The summed E-state index contributed by atoms with van der Waals surface area (Å²) in [5.41, 5.74) is 2.85. The second kappa shape index (κ2) is 7.00. The Balaban J connectivity index is 1.72. The number of alkyl halides is 2. The topological polar surface area (TPSA) is 43.4 Å². The summed E-state index contributed by atoms with van der Waals surface area (Å²) in [7, 11) is 1.42. The van der Waals surface area contributed by atoms with Gasteiger partial charge in [0.15, 0.2) is 11.5 Å². The fourth-order valence-electron chi connectivity index (χ4n) is 2.37. The van der Waals surface area contributed by atoms with Crippen LogP contribution in [0.15, 0.2) is 36.4 Å². The smallest absolute Gasteiger partial charge is 0.387 e. The minimum Gasteiger partial charge on any atom is -0.493 e. The molecule has 0 aliphatic rings. The zero-order valence-corrected chi connectivity index (χ0v) is 14.0. The van der Waals surface area contributed by atoms with Crippen LogP contribution in [0.3, 0.4) is 0 Å². The number of methoxy groups -OCH3 is 1. The molecule has 2 aromatic carbocycles. The van der Waals surface area contributed by atoms with Crippen LogP contribution in [0.25, 0.3) is 10.2 Å². The molecule has 24 heavy (non-hydrogen) atoms. The van der Waals surface area contributed by atoms with E-state index in [-0.39, 0.29) is 11.5 Å². The van der Waals surface area contributed by atoms with Crippen molar-refractivity contribution in [3.8, 4) is 11.5 Å². The van der Waals surface area contributed by atoms with Crippen molar-refractivity contribution in [3.63, 3.8) is 0 Å². The lowest BCUT2D eigenvalue weighted by molar-refractivity contribution is -0.0512. The predicted octanol–water partition coefficient (Wildman–Crippen LogP) is 4.83. The van der Waals surface area contributed by atoms with Gasteiger partial charge in [-0.05, 0) is 42.8 Å². The molecule has 0 radical (unpaired) electrons. The fraction of sp³-hybridized carbons (Fsp3) is 0.235. The molecule has 0 saturated carbocycles. The molecule has 1 heterocycles. The van der Waals surface area contributed by atoms with Gasteiger partial charge in [-0.2, -0.15) is 8.78 Å². The van der Waals surface area contributed by atoms with Crippen molar-refractivity contribution in [3.05, 3.63) is 47.0 Å². The Morgan fingerprint density at radius 2 is 2.00 bits per heavy atom. The third-order valence-electron chi connectivity index (χ3n) is 3.44. The monoisotopic (exact) mass is 350 g/mol. The first-order valence-corrected chi connectivity index (χ1v) is 8.09. The number of fused-ring (bicyclic) bond motifs is 1. The van der Waals surface area contributed by atoms with Gasteiger partial charge in [-0.15, -0.1) is 11.3 Å². The van der Waals surface area contributed by atoms with Crippen LogP contribution >= 0.6 is 11.3 Å². The first kappa shape index (κ1) is 16.4. The van der Waals surface area contributed by atoms with Crippen LogP contribution in [0.2, 0.25) is 0 Å². The number of nitrogens with zero attached hydrogens (tertiary/aromatic N) is 1. The van der Waals surface area contributed by atoms with E-state index in [1.54, 1.807) is 23.5 Å². The molecule has 0 aliphatic carbocycles. The quantitative estimate of drug-likeness (QED) is 0.692. The van der Waals surface area contributed by atoms with E-state index in [1.165, 1.54) is 13.2 Å². The van der Waals surface area contributed by atoms with Gasteiger partial charge in [0.05, 0.1) is 22.3 Å². The van der Waals surface area contributed by atoms with E-state index < -0.39 is 6.61 Å². The number of thiazole rings is 1. The number of nitrogens with one attached hydrogen (secondary N) is 1. The Kier molecular flexibility index (Phi) is 4.80. The summed E-state index contributed by atoms with van der Waals surface area (Å²) in [6.45, 7) is -0.362. The van der Waals surface area contributed by atoms with E-state index in [9.17, 15) is 8.78 Å². The number of aromatic nitrogens is 1. The Morgan fingerprint density at radius 1 is 1.17 bits per heavy atom. The Bertz CT molecular complexity index is 852. The lowest BCUT2D eigenvalue weighted by Crippen LogP contribution is -2.05. The molecule has 0 unspecified atom stereocenters. The van der Waals surface area contributed by atoms with Gasteiger partial charge < -0.3 is 14.8 Å². The second-order valence-electron chi connectivity index (χ2n) is 5.13. The summed E-state index contributed by atoms with van der Waals surface area (Å²) < 4.78 is 35.3. The molecule has 3 aromatic rings. The fourth-order valence-corrected chi connectivity index (χ4v) is 3.24. The molecule has 0 saturated heterocycles. The lowest BCUT2D eigenvalue weighted by atomic mass is 10.2. The SMILES string of the molecule is COc1cc(CNc2ccc3nc(C)sc3c2)ccc1OC(F)F. The summed E-state index contributed by atoms with van der Waals surface area (Å²) in [6, 6.07) is 10.9. The molecular formula is C17H16F2N2O2S. The Morgan fingerprint density at radius 3 is 2.75 bits per heavy atom. The highest BCUT2D eigenvalue weighted by Crippen LogP contribution is 2.30. The standard InChI is InChI=1S/C17H16F2N2O2S/c1-10-21-13-5-4-12(8-16(13)24-10)20-9-11-3-6-14(23-17(18)19)15(7-11)22-2/h3-8,17,20H,9H2,1-2H3. The molecular weight excluding hydrogens is 334 g/mol. The highest BCUT2D eigenvalue weighted by Gasteiger charge is 2.11. The number of aryl methyl sites for hydroxylation is 1. The molecule has 1 N–H and O–H groups in total. The van der Waals surface area contributed by atoms with Crippen molar-refractivity contribution < 1.29 is 18.3 Å². The molecule has 1 aromatic heterocycles. The van der Waals surface area contributed by atoms with Gasteiger partial charge in [0.25, 0.3) is 0 Å². The second-order valence-corrected chi connectivity index (χ2v) is 6.37. The Labute approximate surface area is 142 Å². The normalized spacial score (nSPS) is 11.0. The molecule has 7 heteroatoms. The average Bonchev–Trinajstić information content (AvgIpc) is 2.92. The molecule has 0 bridgehead atoms. The van der Waals surface area contributed by atoms with Crippen molar-refractivity contribution in [2.45, 2.75) is 20.1 Å². The van der Waals surface area contributed by atoms with E-state index in [2.05, 4.69) is 15.0 Å². The van der Waals surface area contributed by atoms with Gasteiger partial charge in [-0.25, -0.2) is 4.98 Å². The lowest BCUT2D eigenvalue weighted by Gasteiger charge is -2.12.